The van der Waals surface area contributed by atoms with E-state index in [4.69, 9.17) is 9.97 Å². The molecule has 4 heteroatoms. The predicted molar refractivity (Wildman–Crippen MR) is 191 cm³/mol. The molecule has 4 nitrogen and oxygen atoms in total. The summed E-state index contributed by atoms with van der Waals surface area (Å²) in [5.41, 5.74) is 12.0. The van der Waals surface area contributed by atoms with E-state index in [-0.39, 0.29) is 0 Å². The molecular weight excluding hydrogens is 560 g/mol. The summed E-state index contributed by atoms with van der Waals surface area (Å²) >= 11 is 0. The summed E-state index contributed by atoms with van der Waals surface area (Å²) in [5, 5.41) is 4.85. The van der Waals surface area contributed by atoms with Gasteiger partial charge in [0.1, 0.15) is 0 Å². The van der Waals surface area contributed by atoms with Gasteiger partial charge in [0.25, 0.3) is 0 Å². The first kappa shape index (κ1) is 26.4. The molecule has 0 unspecified atom stereocenters. The maximum atomic E-state index is 5.26. The molecule has 0 saturated carbocycles. The lowest BCUT2D eigenvalue weighted by molar-refractivity contribution is 0.995. The maximum absolute atomic E-state index is 5.26. The van der Waals surface area contributed by atoms with Gasteiger partial charge in [-0.25, -0.2) is 9.97 Å². The monoisotopic (exact) mass is 590 g/mol. The molecule has 3 heterocycles. The van der Waals surface area contributed by atoms with E-state index in [0.29, 0.717) is 5.95 Å². The highest BCUT2D eigenvalue weighted by molar-refractivity contribution is 6.28. The largest absolute Gasteiger partial charge is 0.309 e. The van der Waals surface area contributed by atoms with Crippen molar-refractivity contribution in [2.45, 2.75) is 13.8 Å². The Labute approximate surface area is 266 Å². The van der Waals surface area contributed by atoms with Gasteiger partial charge in [-0.2, -0.15) is 0 Å². The van der Waals surface area contributed by atoms with E-state index < -0.39 is 0 Å². The predicted octanol–water partition coefficient (Wildman–Crippen LogP) is 10.6. The second-order valence-corrected chi connectivity index (χ2v) is 12.1. The molecule has 0 atom stereocenters. The number of nitrogens with zero attached hydrogens (tertiary/aromatic N) is 4. The van der Waals surface area contributed by atoms with E-state index in [0.717, 1.165) is 39.2 Å². The Morgan fingerprint density at radius 1 is 0.413 bits per heavy atom. The Bertz CT molecular complexity index is 2510. The number of hydrogen-bond acceptors (Lipinski definition) is 2. The van der Waals surface area contributed by atoms with E-state index in [1.165, 1.54) is 43.7 Å². The molecule has 0 spiro atoms. The standard InChI is InChI=1S/C42H30N4/c1-27-16-20-29(21-17-27)34-26-35(30-22-18-28(2)19-23-30)44-42(43-34)46-37-15-9-7-13-33(37)41-39(46)25-24-38-40(41)32-12-6-8-14-36(32)45(38)31-10-4-3-5-11-31/h3-26H,1-2H3. The molecule has 0 bridgehead atoms. The minimum atomic E-state index is 0.658. The van der Waals surface area contributed by atoms with Crippen molar-refractivity contribution in [3.8, 4) is 34.2 Å². The first-order chi connectivity index (χ1) is 22.6. The quantitative estimate of drug-likeness (QED) is 0.204. The molecule has 46 heavy (non-hydrogen) atoms. The van der Waals surface area contributed by atoms with Crippen LogP contribution in [0.3, 0.4) is 0 Å². The van der Waals surface area contributed by atoms with Gasteiger partial charge in [-0.1, -0.05) is 114 Å². The van der Waals surface area contributed by atoms with Crippen molar-refractivity contribution in [2.75, 3.05) is 0 Å². The van der Waals surface area contributed by atoms with Crippen LogP contribution >= 0.6 is 0 Å². The van der Waals surface area contributed by atoms with E-state index in [1.54, 1.807) is 0 Å². The maximum Gasteiger partial charge on any atom is 0.235 e. The third kappa shape index (κ3) is 4.07. The topological polar surface area (TPSA) is 35.6 Å². The lowest BCUT2D eigenvalue weighted by Gasteiger charge is -2.12. The van der Waals surface area contributed by atoms with Crippen molar-refractivity contribution in [3.05, 3.63) is 157 Å². The summed E-state index contributed by atoms with van der Waals surface area (Å²) in [6, 6.07) is 51.7. The minimum Gasteiger partial charge on any atom is -0.309 e. The third-order valence-corrected chi connectivity index (χ3v) is 9.10. The first-order valence-electron chi connectivity index (χ1n) is 15.7. The molecule has 0 amide bonds. The number of benzene rings is 6. The fourth-order valence-electron chi connectivity index (χ4n) is 6.87. The Morgan fingerprint density at radius 3 is 1.41 bits per heavy atom. The van der Waals surface area contributed by atoms with Gasteiger partial charge < -0.3 is 4.57 Å². The molecule has 0 saturated heterocycles. The number of fused-ring (bicyclic) bond motifs is 7. The highest BCUT2D eigenvalue weighted by atomic mass is 15.2. The van der Waals surface area contributed by atoms with Crippen molar-refractivity contribution < 1.29 is 0 Å². The van der Waals surface area contributed by atoms with Crippen molar-refractivity contribution in [3.63, 3.8) is 0 Å². The van der Waals surface area contributed by atoms with E-state index in [2.05, 4.69) is 169 Å². The molecule has 0 aliphatic heterocycles. The molecule has 6 aromatic carbocycles. The Kier molecular flexibility index (Phi) is 5.90. The molecule has 218 valence electrons. The number of aryl methyl sites for hydroxylation is 2. The van der Waals surface area contributed by atoms with Gasteiger partial charge >= 0.3 is 0 Å². The minimum absolute atomic E-state index is 0.658. The number of aromatic nitrogens is 4. The Morgan fingerprint density at radius 2 is 0.870 bits per heavy atom. The van der Waals surface area contributed by atoms with Gasteiger partial charge in [0, 0.05) is 38.4 Å². The normalized spacial score (nSPS) is 11.7. The Hall–Kier alpha value is -6.00. The molecule has 3 aromatic heterocycles. The van der Waals surface area contributed by atoms with Crippen molar-refractivity contribution >= 4 is 43.6 Å². The van der Waals surface area contributed by atoms with Crippen molar-refractivity contribution in [2.24, 2.45) is 0 Å². The summed E-state index contributed by atoms with van der Waals surface area (Å²) in [6.07, 6.45) is 0. The van der Waals surface area contributed by atoms with Gasteiger partial charge in [-0.3, -0.25) is 4.57 Å². The fraction of sp³-hybridized carbons (Fsp3) is 0.0476. The van der Waals surface area contributed by atoms with E-state index >= 15 is 0 Å². The zero-order chi connectivity index (χ0) is 30.8. The molecule has 9 rings (SSSR count). The fourth-order valence-corrected chi connectivity index (χ4v) is 6.87. The Balaban J connectivity index is 1.39. The van der Waals surface area contributed by atoms with Crippen LogP contribution in [-0.2, 0) is 0 Å². The van der Waals surface area contributed by atoms with Crippen molar-refractivity contribution in [1.82, 2.24) is 19.1 Å². The average Bonchev–Trinajstić information content (AvgIpc) is 3.62. The van der Waals surface area contributed by atoms with Gasteiger partial charge in [0.15, 0.2) is 0 Å². The number of rotatable bonds is 4. The summed E-state index contributed by atoms with van der Waals surface area (Å²) in [4.78, 5) is 10.5. The number of para-hydroxylation sites is 3. The first-order valence-corrected chi connectivity index (χ1v) is 15.7. The molecule has 0 radical (unpaired) electrons. The lowest BCUT2D eigenvalue weighted by atomic mass is 10.1. The van der Waals surface area contributed by atoms with Crippen LogP contribution in [0.1, 0.15) is 11.1 Å². The van der Waals surface area contributed by atoms with Gasteiger partial charge in [0.2, 0.25) is 5.95 Å². The summed E-state index contributed by atoms with van der Waals surface area (Å²) in [7, 11) is 0. The second kappa shape index (κ2) is 10.3. The summed E-state index contributed by atoms with van der Waals surface area (Å²) in [6.45, 7) is 4.22. The van der Waals surface area contributed by atoms with E-state index in [9.17, 15) is 0 Å². The van der Waals surface area contributed by atoms with Crippen LogP contribution in [0.2, 0.25) is 0 Å². The molecule has 0 aliphatic carbocycles. The van der Waals surface area contributed by atoms with E-state index in [1.807, 2.05) is 0 Å². The van der Waals surface area contributed by atoms with Gasteiger partial charge in [-0.05, 0) is 56.3 Å². The second-order valence-electron chi connectivity index (χ2n) is 12.1. The van der Waals surface area contributed by atoms with Crippen LogP contribution in [0.25, 0.3) is 77.8 Å². The average molecular weight is 591 g/mol. The lowest BCUT2D eigenvalue weighted by Crippen LogP contribution is -2.04. The van der Waals surface area contributed by atoms with Crippen molar-refractivity contribution in [1.29, 1.82) is 0 Å². The van der Waals surface area contributed by atoms with Gasteiger partial charge in [-0.15, -0.1) is 0 Å². The molecule has 0 fully saturated rings. The molecule has 9 aromatic rings. The zero-order valence-electron chi connectivity index (χ0n) is 25.6. The summed E-state index contributed by atoms with van der Waals surface area (Å²) < 4.78 is 4.62. The van der Waals surface area contributed by atoms with Crippen LogP contribution in [0.5, 0.6) is 0 Å². The molecular formula is C42H30N4. The molecule has 0 N–H and O–H groups in total. The highest BCUT2D eigenvalue weighted by Gasteiger charge is 2.22. The zero-order valence-corrected chi connectivity index (χ0v) is 25.6. The summed E-state index contributed by atoms with van der Waals surface area (Å²) in [5.74, 6) is 0.658. The van der Waals surface area contributed by atoms with Crippen LogP contribution in [0.15, 0.2) is 146 Å². The molecule has 0 aliphatic rings. The highest BCUT2D eigenvalue weighted by Crippen LogP contribution is 2.42. The SMILES string of the molecule is Cc1ccc(-c2cc(-c3ccc(C)cc3)nc(-n3c4ccccc4c4c5c6ccccc6n(-c6ccccc6)c5ccc43)n2)cc1. The van der Waals surface area contributed by atoms with Crippen LogP contribution in [0, 0.1) is 13.8 Å². The van der Waals surface area contributed by atoms with Crippen LogP contribution < -0.4 is 0 Å². The smallest absolute Gasteiger partial charge is 0.235 e. The van der Waals surface area contributed by atoms with Crippen LogP contribution in [0.4, 0.5) is 0 Å². The van der Waals surface area contributed by atoms with Crippen LogP contribution in [-0.4, -0.2) is 19.1 Å². The third-order valence-electron chi connectivity index (χ3n) is 9.10. The number of hydrogen-bond donors (Lipinski definition) is 0. The van der Waals surface area contributed by atoms with Gasteiger partial charge in [0.05, 0.1) is 33.5 Å².